The van der Waals surface area contributed by atoms with Crippen molar-refractivity contribution in [3.8, 4) is 23.0 Å². The number of carbonyl (C=O) groups is 1. The topological polar surface area (TPSA) is 122 Å². The molecular weight excluding hydrogens is 370 g/mol. The Morgan fingerprint density at radius 2 is 1.68 bits per heavy atom. The van der Waals surface area contributed by atoms with E-state index in [0.717, 1.165) is 0 Å². The predicted octanol–water partition coefficient (Wildman–Crippen LogP) is 2.15. The summed E-state index contributed by atoms with van der Waals surface area (Å²) >= 11 is 0. The maximum atomic E-state index is 11.8. The molecule has 0 aliphatic heterocycles. The lowest BCUT2D eigenvalue weighted by Crippen LogP contribution is -2.24. The number of amides is 1. The predicted molar refractivity (Wildman–Crippen MR) is 100 cm³/mol. The van der Waals surface area contributed by atoms with Crippen LogP contribution in [0.25, 0.3) is 0 Å². The Hall–Kier alpha value is -3.82. The molecule has 1 N–H and O–H groups in total. The first-order valence-corrected chi connectivity index (χ1v) is 7.97. The highest BCUT2D eigenvalue weighted by atomic mass is 16.6. The van der Waals surface area contributed by atoms with Crippen molar-refractivity contribution < 1.29 is 28.7 Å². The van der Waals surface area contributed by atoms with Crippen LogP contribution in [0.3, 0.4) is 0 Å². The van der Waals surface area contributed by atoms with Gasteiger partial charge in [-0.05, 0) is 18.2 Å². The van der Waals surface area contributed by atoms with Gasteiger partial charge < -0.3 is 18.9 Å². The molecule has 1 amide bonds. The van der Waals surface area contributed by atoms with Crippen LogP contribution in [0.5, 0.6) is 23.0 Å². The van der Waals surface area contributed by atoms with Gasteiger partial charge in [0.2, 0.25) is 0 Å². The molecule has 0 aromatic heterocycles. The number of nitro groups is 1. The summed E-state index contributed by atoms with van der Waals surface area (Å²) in [4.78, 5) is 21.9. The minimum atomic E-state index is -0.520. The van der Waals surface area contributed by atoms with Gasteiger partial charge in [-0.3, -0.25) is 14.9 Å². The van der Waals surface area contributed by atoms with Crippen LogP contribution in [0.2, 0.25) is 0 Å². The van der Waals surface area contributed by atoms with Gasteiger partial charge in [0.1, 0.15) is 11.5 Å². The van der Waals surface area contributed by atoms with E-state index in [1.165, 1.54) is 51.8 Å². The summed E-state index contributed by atoms with van der Waals surface area (Å²) in [5.74, 6) is 1.28. The fourth-order valence-corrected chi connectivity index (χ4v) is 2.17. The van der Waals surface area contributed by atoms with Gasteiger partial charge in [0.25, 0.3) is 11.6 Å². The molecule has 2 rings (SSSR count). The highest BCUT2D eigenvalue weighted by Crippen LogP contribution is 2.33. The summed E-state index contributed by atoms with van der Waals surface area (Å²) in [7, 11) is 4.51. The van der Waals surface area contributed by atoms with Gasteiger partial charge in [0.05, 0.1) is 32.5 Å². The summed E-state index contributed by atoms with van der Waals surface area (Å²) in [6.45, 7) is -0.307. The first-order valence-electron chi connectivity index (χ1n) is 7.97. The molecule has 0 saturated carbocycles. The molecule has 0 aliphatic carbocycles. The smallest absolute Gasteiger partial charge is 0.277 e. The summed E-state index contributed by atoms with van der Waals surface area (Å²) in [6, 6.07) is 8.68. The summed E-state index contributed by atoms with van der Waals surface area (Å²) in [5, 5.41) is 14.5. The number of rotatable bonds is 9. The minimum absolute atomic E-state index is 0.0646. The van der Waals surface area contributed by atoms with Crippen molar-refractivity contribution in [2.24, 2.45) is 5.10 Å². The van der Waals surface area contributed by atoms with Crippen LogP contribution in [0.4, 0.5) is 5.69 Å². The third-order valence-corrected chi connectivity index (χ3v) is 3.55. The van der Waals surface area contributed by atoms with E-state index >= 15 is 0 Å². The van der Waals surface area contributed by atoms with E-state index in [-0.39, 0.29) is 12.3 Å². The number of carbonyl (C=O) groups excluding carboxylic acids is 1. The SMILES string of the molecule is COc1cc(OC)c(OC)cc1/C=N/NC(=O)COc1ccc([N+](=O)[O-])cc1. The van der Waals surface area contributed by atoms with Gasteiger partial charge in [-0.2, -0.15) is 5.10 Å². The van der Waals surface area contributed by atoms with Gasteiger partial charge >= 0.3 is 0 Å². The fraction of sp³-hybridized carbons (Fsp3) is 0.222. The Morgan fingerprint density at radius 3 is 2.25 bits per heavy atom. The molecule has 0 atom stereocenters. The van der Waals surface area contributed by atoms with E-state index in [1.807, 2.05) is 0 Å². The van der Waals surface area contributed by atoms with E-state index in [9.17, 15) is 14.9 Å². The zero-order valence-corrected chi connectivity index (χ0v) is 15.5. The molecule has 2 aromatic rings. The minimum Gasteiger partial charge on any atom is -0.496 e. The van der Waals surface area contributed by atoms with Crippen molar-refractivity contribution in [3.05, 3.63) is 52.1 Å². The molecule has 0 unspecified atom stereocenters. The number of benzene rings is 2. The van der Waals surface area contributed by atoms with Crippen LogP contribution >= 0.6 is 0 Å². The third-order valence-electron chi connectivity index (χ3n) is 3.55. The summed E-state index contributed by atoms with van der Waals surface area (Å²) < 4.78 is 20.9. The van der Waals surface area contributed by atoms with Crippen molar-refractivity contribution in [2.45, 2.75) is 0 Å². The average molecular weight is 389 g/mol. The number of methoxy groups -OCH3 is 3. The number of nitrogens with one attached hydrogen (secondary N) is 1. The molecule has 10 heteroatoms. The largest absolute Gasteiger partial charge is 0.496 e. The van der Waals surface area contributed by atoms with E-state index in [0.29, 0.717) is 28.6 Å². The van der Waals surface area contributed by atoms with Crippen molar-refractivity contribution in [3.63, 3.8) is 0 Å². The van der Waals surface area contributed by atoms with Crippen molar-refractivity contribution in [1.29, 1.82) is 0 Å². The Balaban J connectivity index is 1.94. The molecule has 0 aliphatic rings. The molecule has 148 valence electrons. The molecule has 0 fully saturated rings. The molecule has 0 spiro atoms. The second-order valence-corrected chi connectivity index (χ2v) is 5.28. The Labute approximate surface area is 160 Å². The van der Waals surface area contributed by atoms with Gasteiger partial charge in [0, 0.05) is 23.8 Å². The summed E-state index contributed by atoms with van der Waals surface area (Å²) in [6.07, 6.45) is 1.39. The van der Waals surface area contributed by atoms with Crippen molar-refractivity contribution >= 4 is 17.8 Å². The van der Waals surface area contributed by atoms with Crippen LogP contribution in [0, 0.1) is 10.1 Å². The number of nitro benzene ring substituents is 1. The molecule has 2 aromatic carbocycles. The standard InChI is InChI=1S/C18H19N3O7/c1-25-15-9-17(27-3)16(26-2)8-12(15)10-19-20-18(22)11-28-14-6-4-13(5-7-14)21(23)24/h4-10H,11H2,1-3H3,(H,20,22)/b19-10+. The van der Waals surface area contributed by atoms with Crippen molar-refractivity contribution in [1.82, 2.24) is 5.43 Å². The monoisotopic (exact) mass is 389 g/mol. The van der Waals surface area contributed by atoms with Gasteiger partial charge in [-0.15, -0.1) is 0 Å². The van der Waals surface area contributed by atoms with Crippen LogP contribution in [0.1, 0.15) is 5.56 Å². The summed E-state index contributed by atoms with van der Waals surface area (Å²) in [5.41, 5.74) is 2.82. The van der Waals surface area contributed by atoms with Crippen molar-refractivity contribution in [2.75, 3.05) is 27.9 Å². The Kier molecular flexibility index (Phi) is 7.14. The number of nitrogens with zero attached hydrogens (tertiary/aromatic N) is 2. The lowest BCUT2D eigenvalue weighted by atomic mass is 10.2. The zero-order valence-electron chi connectivity index (χ0n) is 15.5. The number of ether oxygens (including phenoxy) is 4. The molecule has 28 heavy (non-hydrogen) atoms. The van der Waals surface area contributed by atoms with Crippen LogP contribution in [0.15, 0.2) is 41.5 Å². The number of hydrogen-bond donors (Lipinski definition) is 1. The van der Waals surface area contributed by atoms with E-state index in [4.69, 9.17) is 18.9 Å². The first-order chi connectivity index (χ1) is 13.5. The van der Waals surface area contributed by atoms with Crippen LogP contribution in [-0.2, 0) is 4.79 Å². The molecule has 0 saturated heterocycles. The number of hydrazone groups is 1. The molecule has 0 heterocycles. The molecule has 0 radical (unpaired) electrons. The normalized spacial score (nSPS) is 10.4. The zero-order chi connectivity index (χ0) is 20.5. The maximum Gasteiger partial charge on any atom is 0.277 e. The Morgan fingerprint density at radius 1 is 1.07 bits per heavy atom. The van der Waals surface area contributed by atoms with Crippen LogP contribution in [-0.4, -0.2) is 45.0 Å². The van der Waals surface area contributed by atoms with Crippen LogP contribution < -0.4 is 24.4 Å². The fourth-order valence-electron chi connectivity index (χ4n) is 2.17. The Bertz CT molecular complexity index is 866. The lowest BCUT2D eigenvalue weighted by molar-refractivity contribution is -0.384. The number of hydrogen-bond acceptors (Lipinski definition) is 8. The van der Waals surface area contributed by atoms with E-state index in [2.05, 4.69) is 10.5 Å². The van der Waals surface area contributed by atoms with Gasteiger partial charge in [-0.25, -0.2) is 5.43 Å². The van der Waals surface area contributed by atoms with Gasteiger partial charge in [0.15, 0.2) is 18.1 Å². The quantitative estimate of drug-likeness (QED) is 0.396. The molecule has 10 nitrogen and oxygen atoms in total. The number of non-ortho nitro benzene ring substituents is 1. The lowest BCUT2D eigenvalue weighted by Gasteiger charge is -2.11. The first kappa shape index (κ1) is 20.5. The van der Waals surface area contributed by atoms with Gasteiger partial charge in [-0.1, -0.05) is 0 Å². The van der Waals surface area contributed by atoms with E-state index in [1.54, 1.807) is 12.1 Å². The second kappa shape index (κ2) is 9.76. The maximum absolute atomic E-state index is 11.8. The van der Waals surface area contributed by atoms with E-state index < -0.39 is 10.8 Å². The highest BCUT2D eigenvalue weighted by Gasteiger charge is 2.11. The average Bonchev–Trinajstić information content (AvgIpc) is 2.72. The second-order valence-electron chi connectivity index (χ2n) is 5.28. The molecular formula is C18H19N3O7. The highest BCUT2D eigenvalue weighted by molar-refractivity contribution is 5.86. The molecule has 0 bridgehead atoms. The third kappa shape index (κ3) is 5.34.